The van der Waals surface area contributed by atoms with E-state index in [1.807, 2.05) is 18.7 Å². The summed E-state index contributed by atoms with van der Waals surface area (Å²) in [4.78, 5) is 35.1. The minimum Gasteiger partial charge on any atom is -0.336 e. The number of hydrogen-bond donors (Lipinski definition) is 0. The van der Waals surface area contributed by atoms with Gasteiger partial charge >= 0.3 is 6.18 Å². The second-order valence-electron chi connectivity index (χ2n) is 11.1. The van der Waals surface area contributed by atoms with Gasteiger partial charge in [0, 0.05) is 36.6 Å². The summed E-state index contributed by atoms with van der Waals surface area (Å²) in [6.07, 6.45) is -3.72. The number of thioether (sulfide) groups is 1. The number of aromatic nitrogens is 2. The summed E-state index contributed by atoms with van der Waals surface area (Å²) in [6, 6.07) is -9.11. The fourth-order valence-electron chi connectivity index (χ4n) is 5.36. The first-order valence-electron chi connectivity index (χ1n) is 20.9. The molecule has 1 heterocycles. The molecule has 4 aromatic rings. The van der Waals surface area contributed by atoms with Crippen LogP contribution < -0.4 is 5.56 Å². The van der Waals surface area contributed by atoms with Gasteiger partial charge < -0.3 is 14.4 Å². The molecule has 6 nitrogen and oxygen atoms in total. The summed E-state index contributed by atoms with van der Waals surface area (Å²) in [5.74, 6) is -2.17. The molecule has 5 rings (SSSR count). The van der Waals surface area contributed by atoms with E-state index in [9.17, 15) is 27.2 Å². The molecule has 0 N–H and O–H groups in total. The molecule has 1 amide bonds. The van der Waals surface area contributed by atoms with Crippen LogP contribution in [0.2, 0.25) is 0 Å². The van der Waals surface area contributed by atoms with Crippen LogP contribution in [0.3, 0.4) is 0 Å². The topological polar surface area (TPSA) is 58.4 Å². The van der Waals surface area contributed by atoms with Crippen molar-refractivity contribution in [2.45, 2.75) is 70.2 Å². The zero-order valence-electron chi connectivity index (χ0n) is 37.6. The smallest absolute Gasteiger partial charge is 0.336 e. The summed E-state index contributed by atoms with van der Waals surface area (Å²) in [6.45, 7) is 5.35. The highest BCUT2D eigenvalue weighted by Gasteiger charge is 2.32. The molecule has 0 bridgehead atoms. The minimum absolute atomic E-state index is 0.0143. The molecule has 0 aliphatic heterocycles. The van der Waals surface area contributed by atoms with Crippen LogP contribution in [0.4, 0.5) is 17.6 Å². The Kier molecular flexibility index (Phi) is 7.56. The summed E-state index contributed by atoms with van der Waals surface area (Å²) in [5.41, 5.74) is -3.60. The lowest BCUT2D eigenvalue weighted by Gasteiger charge is -2.28. The molecule has 1 aliphatic carbocycles. The fraction of sp³-hybridized carbons (Fsp3) is 0.378. The van der Waals surface area contributed by atoms with Gasteiger partial charge in [0.25, 0.3) is 5.56 Å². The van der Waals surface area contributed by atoms with Crippen molar-refractivity contribution >= 4 is 17.7 Å². The van der Waals surface area contributed by atoms with Gasteiger partial charge in [0.05, 0.1) is 20.6 Å². The normalized spacial score (nSPS) is 16.0. The van der Waals surface area contributed by atoms with E-state index < -0.39 is 125 Å². The Morgan fingerprint density at radius 3 is 2.29 bits per heavy atom. The Morgan fingerprint density at radius 2 is 1.62 bits per heavy atom. The number of fused-ring (bicyclic) bond motifs is 1. The van der Waals surface area contributed by atoms with Crippen LogP contribution in [0.5, 0.6) is 0 Å². The van der Waals surface area contributed by atoms with Crippen LogP contribution >= 0.6 is 11.8 Å². The quantitative estimate of drug-likeness (QED) is 0.0825. The van der Waals surface area contributed by atoms with Gasteiger partial charge in [0.15, 0.2) is 5.16 Å². The highest BCUT2D eigenvalue weighted by Crippen LogP contribution is 2.34. The average Bonchev–Trinajstić information content (AvgIpc) is 3.69. The number of halogens is 4. The van der Waals surface area contributed by atoms with Crippen molar-refractivity contribution in [3.05, 3.63) is 116 Å². The van der Waals surface area contributed by atoms with Crippen molar-refractivity contribution in [1.29, 1.82) is 0 Å². The maximum atomic E-state index is 14.5. The third-order valence-electron chi connectivity index (χ3n) is 7.98. The standard InChI is InChI=1S/C37H40F4N4O2S/c1-4-43(5-2)19-20-44(22-26-9-13-28(14-10-26)29-15-18-32(25(3)21-29)37(39,40)41)34(46)23-45-33-8-6-7-31(33)35(47)42-36(45)48-24-27-11-16-30(38)17-12-27/h9-18,21H,4-8,19-20,22-24H2,1-3H3/i9D,10D,11D,12D,13D,14D,15D,16D,17D,18D,21D. The first kappa shape index (κ1) is 23.4. The highest BCUT2D eigenvalue weighted by atomic mass is 32.2. The maximum absolute atomic E-state index is 14.5. The van der Waals surface area contributed by atoms with Gasteiger partial charge in [-0.15, -0.1) is 0 Å². The number of benzene rings is 3. The summed E-state index contributed by atoms with van der Waals surface area (Å²) >= 11 is 0.858. The summed E-state index contributed by atoms with van der Waals surface area (Å²) < 4.78 is 150. The fourth-order valence-corrected chi connectivity index (χ4v) is 6.26. The van der Waals surface area contributed by atoms with Crippen molar-refractivity contribution in [3.8, 4) is 11.1 Å². The number of likely N-dealkylation sites (N-methyl/N-ethyl adjacent to an activating group) is 1. The van der Waals surface area contributed by atoms with Crippen molar-refractivity contribution in [1.82, 2.24) is 19.4 Å². The molecule has 48 heavy (non-hydrogen) atoms. The molecule has 0 fully saturated rings. The first-order valence-corrected chi connectivity index (χ1v) is 16.3. The lowest BCUT2D eigenvalue weighted by Crippen LogP contribution is -2.40. The van der Waals surface area contributed by atoms with Gasteiger partial charge in [-0.1, -0.05) is 73.9 Å². The molecule has 0 atom stereocenters. The lowest BCUT2D eigenvalue weighted by molar-refractivity contribution is -0.138. The number of amides is 1. The summed E-state index contributed by atoms with van der Waals surface area (Å²) in [5, 5.41) is 0.0143. The van der Waals surface area contributed by atoms with Crippen LogP contribution in [0.15, 0.2) is 76.4 Å². The Labute approximate surface area is 298 Å². The van der Waals surface area contributed by atoms with Crippen molar-refractivity contribution < 1.29 is 37.4 Å². The predicted octanol–water partition coefficient (Wildman–Crippen LogP) is 7.53. The average molecular weight is 692 g/mol. The highest BCUT2D eigenvalue weighted by molar-refractivity contribution is 7.98. The second-order valence-corrected chi connectivity index (χ2v) is 12.0. The Hall–Kier alpha value is -3.96. The molecule has 11 heteroatoms. The molecule has 0 radical (unpaired) electrons. The number of alkyl halides is 3. The number of nitrogens with zero attached hydrogens (tertiary/aromatic N) is 4. The third kappa shape index (κ3) is 8.54. The molecular formula is C37H40F4N4O2S. The molecule has 1 aromatic heterocycles. The van der Waals surface area contributed by atoms with Gasteiger partial charge in [0.1, 0.15) is 12.4 Å². The second kappa shape index (κ2) is 15.5. The Balaban J connectivity index is 1.58. The van der Waals surface area contributed by atoms with E-state index >= 15 is 0 Å². The zero-order chi connectivity index (χ0) is 44.0. The zero-order valence-corrected chi connectivity index (χ0v) is 27.4. The lowest BCUT2D eigenvalue weighted by atomic mass is 9.98. The minimum atomic E-state index is -5.08. The monoisotopic (exact) mass is 691 g/mol. The Morgan fingerprint density at radius 1 is 0.958 bits per heavy atom. The van der Waals surface area contributed by atoms with E-state index in [1.165, 1.54) is 9.47 Å². The van der Waals surface area contributed by atoms with Crippen LogP contribution in [-0.2, 0) is 42.7 Å². The van der Waals surface area contributed by atoms with E-state index in [1.54, 1.807) is 0 Å². The summed E-state index contributed by atoms with van der Waals surface area (Å²) in [7, 11) is 0. The van der Waals surface area contributed by atoms with E-state index in [0.29, 0.717) is 50.2 Å². The molecule has 1 aliphatic rings. The molecular weight excluding hydrogens is 640 g/mol. The van der Waals surface area contributed by atoms with Crippen molar-refractivity contribution in [2.24, 2.45) is 0 Å². The van der Waals surface area contributed by atoms with Crippen molar-refractivity contribution in [2.75, 3.05) is 26.2 Å². The molecule has 254 valence electrons. The van der Waals surface area contributed by atoms with Gasteiger partial charge in [-0.3, -0.25) is 9.59 Å². The Bertz CT molecular complexity index is 2330. The predicted molar refractivity (Wildman–Crippen MR) is 181 cm³/mol. The van der Waals surface area contributed by atoms with E-state index in [4.69, 9.17) is 15.1 Å². The van der Waals surface area contributed by atoms with E-state index in [0.717, 1.165) is 18.7 Å². The number of rotatable bonds is 13. The molecule has 0 saturated carbocycles. The number of carbonyl (C=O) groups is 1. The van der Waals surface area contributed by atoms with Gasteiger partial charge in [-0.05, 0) is 85.2 Å². The SMILES string of the molecule is [2H]c1c([2H])c(CSc2nc(=O)c3c(n2CC(=O)N(CCN(CC)CC)Cc2c([2H])c([2H])c(-c4c([2H])c([2H])c(C(F)(F)F)c(C)c4[2H])c([2H])c2[2H])CCC3)c([2H])c([2H])c1F. The largest absolute Gasteiger partial charge is 0.416 e. The van der Waals surface area contributed by atoms with Gasteiger partial charge in [-0.25, -0.2) is 4.39 Å². The van der Waals surface area contributed by atoms with E-state index in [2.05, 4.69) is 4.98 Å². The van der Waals surface area contributed by atoms with Crippen LogP contribution in [0.25, 0.3) is 11.1 Å². The molecule has 0 saturated heterocycles. The van der Waals surface area contributed by atoms with Crippen molar-refractivity contribution in [3.63, 3.8) is 0 Å². The number of carbonyl (C=O) groups excluding carboxylic acids is 1. The third-order valence-corrected chi connectivity index (χ3v) is 8.98. The van der Waals surface area contributed by atoms with E-state index in [-0.39, 0.29) is 28.6 Å². The first-order chi connectivity index (χ1) is 27.6. The van der Waals surface area contributed by atoms with Crippen LogP contribution in [0, 0.1) is 12.7 Å². The molecule has 3 aromatic carbocycles. The maximum Gasteiger partial charge on any atom is 0.416 e. The van der Waals surface area contributed by atoms with Crippen LogP contribution in [0.1, 0.15) is 68.9 Å². The number of hydrogen-bond acceptors (Lipinski definition) is 5. The van der Waals surface area contributed by atoms with Gasteiger partial charge in [-0.2, -0.15) is 18.2 Å². The molecule has 0 spiro atoms. The molecule has 0 unspecified atom stereocenters. The van der Waals surface area contributed by atoms with Gasteiger partial charge in [0.2, 0.25) is 5.91 Å². The van der Waals surface area contributed by atoms with Crippen LogP contribution in [-0.4, -0.2) is 51.4 Å².